The summed E-state index contributed by atoms with van der Waals surface area (Å²) in [7, 11) is 0. The van der Waals surface area contributed by atoms with Crippen molar-refractivity contribution >= 4 is 0 Å². The molecule has 0 bridgehead atoms. The Kier molecular flexibility index (Phi) is 4.77. The van der Waals surface area contributed by atoms with Gasteiger partial charge in [-0.1, -0.05) is 20.8 Å². The second-order valence-corrected chi connectivity index (χ2v) is 5.92. The van der Waals surface area contributed by atoms with Gasteiger partial charge in [0.2, 0.25) is 0 Å². The van der Waals surface area contributed by atoms with Crippen LogP contribution < -0.4 is 0 Å². The van der Waals surface area contributed by atoms with Gasteiger partial charge in [-0.25, -0.2) is 9.67 Å². The van der Waals surface area contributed by atoms with Crippen LogP contribution in [0.1, 0.15) is 56.1 Å². The van der Waals surface area contributed by atoms with Crippen LogP contribution in [0.25, 0.3) is 0 Å². The Bertz CT molecular complexity index is 599. The largest absolute Gasteiger partial charge is 0.388 e. The lowest BCUT2D eigenvalue weighted by Gasteiger charge is -2.11. The summed E-state index contributed by atoms with van der Waals surface area (Å²) in [5, 5.41) is 18.9. The molecule has 0 amide bonds. The van der Waals surface area contributed by atoms with E-state index < -0.39 is 6.10 Å². The second-order valence-electron chi connectivity index (χ2n) is 5.92. The van der Waals surface area contributed by atoms with Gasteiger partial charge in [0.1, 0.15) is 18.7 Å². The Morgan fingerprint density at radius 2 is 1.95 bits per heavy atom. The van der Waals surface area contributed by atoms with Gasteiger partial charge in [-0.15, -0.1) is 0 Å². The molecule has 116 valence electrons. The van der Waals surface area contributed by atoms with Gasteiger partial charge in [0.05, 0.1) is 11.8 Å². The molecule has 0 fully saturated rings. The summed E-state index contributed by atoms with van der Waals surface area (Å²) in [4.78, 5) is 4.34. The topological polar surface area (TPSA) is 68.8 Å². The molecule has 2 rings (SSSR count). The minimum absolute atomic E-state index is 0.452. The SMILES string of the molecule is CCC(O)c1c(C)nn(Cc2ncnn2CC(C)C)c1C. The van der Waals surface area contributed by atoms with Gasteiger partial charge in [0, 0.05) is 17.8 Å². The van der Waals surface area contributed by atoms with Crippen LogP contribution in [0.4, 0.5) is 0 Å². The Balaban J connectivity index is 2.27. The van der Waals surface area contributed by atoms with Crippen molar-refractivity contribution in [2.24, 2.45) is 5.92 Å². The fourth-order valence-corrected chi connectivity index (χ4v) is 2.59. The van der Waals surface area contributed by atoms with Gasteiger partial charge < -0.3 is 5.11 Å². The normalized spacial score (nSPS) is 13.1. The minimum Gasteiger partial charge on any atom is -0.388 e. The summed E-state index contributed by atoms with van der Waals surface area (Å²) in [5.74, 6) is 1.41. The van der Waals surface area contributed by atoms with Crippen LogP contribution in [0, 0.1) is 19.8 Å². The average molecular weight is 291 g/mol. The molecule has 0 saturated heterocycles. The molecule has 21 heavy (non-hydrogen) atoms. The second kappa shape index (κ2) is 6.39. The number of hydrogen-bond acceptors (Lipinski definition) is 4. The molecule has 0 saturated carbocycles. The Hall–Kier alpha value is -1.69. The number of nitrogens with zero attached hydrogens (tertiary/aromatic N) is 5. The highest BCUT2D eigenvalue weighted by Gasteiger charge is 2.18. The summed E-state index contributed by atoms with van der Waals surface area (Å²) in [6, 6.07) is 0. The van der Waals surface area contributed by atoms with E-state index in [-0.39, 0.29) is 0 Å². The van der Waals surface area contributed by atoms with Gasteiger partial charge in [-0.05, 0) is 26.2 Å². The van der Waals surface area contributed by atoms with Crippen LogP contribution in [0.3, 0.4) is 0 Å². The summed E-state index contributed by atoms with van der Waals surface area (Å²) >= 11 is 0. The number of aliphatic hydroxyl groups excluding tert-OH is 1. The molecule has 1 unspecified atom stereocenters. The molecular weight excluding hydrogens is 266 g/mol. The van der Waals surface area contributed by atoms with Crippen molar-refractivity contribution in [3.8, 4) is 0 Å². The Morgan fingerprint density at radius 1 is 1.24 bits per heavy atom. The summed E-state index contributed by atoms with van der Waals surface area (Å²) in [6.07, 6.45) is 1.83. The van der Waals surface area contributed by atoms with E-state index in [1.165, 1.54) is 0 Å². The van der Waals surface area contributed by atoms with E-state index in [9.17, 15) is 5.11 Å². The Morgan fingerprint density at radius 3 is 2.57 bits per heavy atom. The molecule has 6 nitrogen and oxygen atoms in total. The molecule has 1 atom stereocenters. The maximum Gasteiger partial charge on any atom is 0.148 e. The van der Waals surface area contributed by atoms with Crippen LogP contribution >= 0.6 is 0 Å². The van der Waals surface area contributed by atoms with Gasteiger partial charge in [-0.2, -0.15) is 10.2 Å². The van der Waals surface area contributed by atoms with E-state index in [0.717, 1.165) is 29.3 Å². The van der Waals surface area contributed by atoms with Crippen LogP contribution in [0.5, 0.6) is 0 Å². The highest BCUT2D eigenvalue weighted by Crippen LogP contribution is 2.24. The van der Waals surface area contributed by atoms with Gasteiger partial charge >= 0.3 is 0 Å². The maximum absolute atomic E-state index is 10.1. The molecule has 0 radical (unpaired) electrons. The van der Waals surface area contributed by atoms with Gasteiger partial charge in [-0.3, -0.25) is 4.68 Å². The summed E-state index contributed by atoms with van der Waals surface area (Å²) < 4.78 is 3.83. The van der Waals surface area contributed by atoms with Crippen molar-refractivity contribution in [3.63, 3.8) is 0 Å². The minimum atomic E-state index is -0.452. The van der Waals surface area contributed by atoms with Gasteiger partial charge in [0.25, 0.3) is 0 Å². The molecule has 0 spiro atoms. The van der Waals surface area contributed by atoms with Crippen LogP contribution in [-0.2, 0) is 13.1 Å². The molecule has 2 aromatic heterocycles. The third kappa shape index (κ3) is 3.32. The number of hydrogen-bond donors (Lipinski definition) is 1. The van der Waals surface area contributed by atoms with Crippen LogP contribution in [-0.4, -0.2) is 29.7 Å². The van der Waals surface area contributed by atoms with Crippen molar-refractivity contribution in [3.05, 3.63) is 29.1 Å². The van der Waals surface area contributed by atoms with E-state index in [1.54, 1.807) is 6.33 Å². The number of aryl methyl sites for hydroxylation is 1. The Labute approximate surface area is 125 Å². The first-order chi connectivity index (χ1) is 9.93. The zero-order valence-electron chi connectivity index (χ0n) is 13.5. The quantitative estimate of drug-likeness (QED) is 0.886. The third-order valence-corrected chi connectivity index (χ3v) is 3.68. The monoisotopic (exact) mass is 291 g/mol. The molecule has 1 N–H and O–H groups in total. The van der Waals surface area contributed by atoms with Crippen LogP contribution in [0.2, 0.25) is 0 Å². The van der Waals surface area contributed by atoms with Crippen molar-refractivity contribution in [2.45, 2.75) is 60.2 Å². The highest BCUT2D eigenvalue weighted by atomic mass is 16.3. The lowest BCUT2D eigenvalue weighted by atomic mass is 10.1. The predicted octanol–water partition coefficient (Wildman–Crippen LogP) is 2.24. The van der Waals surface area contributed by atoms with E-state index in [0.29, 0.717) is 18.9 Å². The van der Waals surface area contributed by atoms with E-state index in [4.69, 9.17) is 0 Å². The van der Waals surface area contributed by atoms with E-state index in [1.807, 2.05) is 30.1 Å². The average Bonchev–Trinajstić information content (AvgIpc) is 2.94. The number of aliphatic hydroxyl groups is 1. The van der Waals surface area contributed by atoms with Crippen molar-refractivity contribution < 1.29 is 5.11 Å². The lowest BCUT2D eigenvalue weighted by Crippen LogP contribution is -2.14. The first-order valence-corrected chi connectivity index (χ1v) is 7.52. The molecule has 0 aliphatic carbocycles. The number of rotatable bonds is 6. The molecule has 0 aliphatic heterocycles. The molecule has 2 heterocycles. The number of aromatic nitrogens is 5. The van der Waals surface area contributed by atoms with E-state index in [2.05, 4.69) is 29.0 Å². The van der Waals surface area contributed by atoms with Gasteiger partial charge in [0.15, 0.2) is 0 Å². The molecular formula is C15H25N5O. The molecule has 2 aromatic rings. The zero-order chi connectivity index (χ0) is 15.6. The van der Waals surface area contributed by atoms with Crippen molar-refractivity contribution in [1.29, 1.82) is 0 Å². The zero-order valence-corrected chi connectivity index (χ0v) is 13.5. The fourth-order valence-electron chi connectivity index (χ4n) is 2.59. The van der Waals surface area contributed by atoms with Crippen molar-refractivity contribution in [1.82, 2.24) is 24.5 Å². The van der Waals surface area contributed by atoms with E-state index >= 15 is 0 Å². The fraction of sp³-hybridized carbons (Fsp3) is 0.667. The molecule has 0 aromatic carbocycles. The molecule has 0 aliphatic rings. The summed E-state index contributed by atoms with van der Waals surface area (Å²) in [5.41, 5.74) is 2.82. The summed E-state index contributed by atoms with van der Waals surface area (Å²) in [6.45, 7) is 11.7. The molecule has 6 heteroatoms. The first-order valence-electron chi connectivity index (χ1n) is 7.52. The predicted molar refractivity (Wildman–Crippen MR) is 80.9 cm³/mol. The smallest absolute Gasteiger partial charge is 0.148 e. The lowest BCUT2D eigenvalue weighted by molar-refractivity contribution is 0.172. The third-order valence-electron chi connectivity index (χ3n) is 3.68. The highest BCUT2D eigenvalue weighted by molar-refractivity contribution is 5.27. The van der Waals surface area contributed by atoms with Crippen molar-refractivity contribution in [2.75, 3.05) is 0 Å². The standard InChI is InChI=1S/C15H25N5O/c1-6-13(21)15-11(4)18-19(12(15)5)8-14-16-9-17-20(14)7-10(2)3/h9-10,13,21H,6-8H2,1-5H3. The first kappa shape index (κ1) is 15.7. The van der Waals surface area contributed by atoms with Crippen LogP contribution in [0.15, 0.2) is 6.33 Å². The maximum atomic E-state index is 10.1.